The van der Waals surface area contributed by atoms with Crippen LogP contribution in [0.2, 0.25) is 0 Å². The molecule has 0 aliphatic rings. The van der Waals surface area contributed by atoms with E-state index in [-0.39, 0.29) is 25.7 Å². The second-order valence-electron chi connectivity index (χ2n) is 32.8. The number of aliphatic hydroxyl groups excluding tert-OH is 1. The van der Waals surface area contributed by atoms with Crippen LogP contribution in [0.5, 0.6) is 0 Å². The minimum Gasteiger partial charge on any atom is -0.462 e. The van der Waals surface area contributed by atoms with Gasteiger partial charge in [-0.25, -0.2) is 9.13 Å². The summed E-state index contributed by atoms with van der Waals surface area (Å²) in [5, 5.41) is 10.7. The summed E-state index contributed by atoms with van der Waals surface area (Å²) in [7, 11) is -9.95. The maximum atomic E-state index is 13.2. The second-order valence-corrected chi connectivity index (χ2v) is 35.8. The largest absolute Gasteiger partial charge is 0.472 e. The van der Waals surface area contributed by atoms with Crippen LogP contribution < -0.4 is 0 Å². The van der Waals surface area contributed by atoms with Crippen molar-refractivity contribution in [2.45, 2.75) is 471 Å². The number of ether oxygens (including phenoxy) is 4. The minimum absolute atomic E-state index is 0.0847. The molecule has 3 unspecified atom stereocenters. The predicted octanol–water partition coefficient (Wildman–Crippen LogP) is 27.2. The topological polar surface area (TPSA) is 237 Å². The molecule has 6 atom stereocenters. The van der Waals surface area contributed by atoms with Crippen LogP contribution >= 0.6 is 15.6 Å². The van der Waals surface area contributed by atoms with Gasteiger partial charge in [0.15, 0.2) is 12.2 Å². The normalized spacial score (nSPS) is 14.2. The minimum atomic E-state index is -4.97. The number of carbonyl (C=O) groups is 4. The summed E-state index contributed by atoms with van der Waals surface area (Å²) in [5.74, 6) is 0.285. The molecule has 3 N–H and O–H groups in total. The van der Waals surface area contributed by atoms with Crippen LogP contribution in [0.1, 0.15) is 453 Å². The molecule has 19 heteroatoms. The molecule has 0 spiro atoms. The van der Waals surface area contributed by atoms with Crippen molar-refractivity contribution in [2.24, 2.45) is 17.8 Å². The van der Waals surface area contributed by atoms with Gasteiger partial charge in [-0.05, 0) is 69.1 Å². The van der Waals surface area contributed by atoms with Crippen molar-refractivity contribution in [3.8, 4) is 0 Å². The predicted molar refractivity (Wildman–Crippen MR) is 450 cm³/mol. The average molecular weight is 1590 g/mol. The third-order valence-corrected chi connectivity index (χ3v) is 22.8. The lowest BCUT2D eigenvalue weighted by atomic mass is 9.99. The number of esters is 4. The fraction of sp³-hybridized carbons (Fsp3) is 0.911. The molecule has 0 aromatic rings. The third-order valence-electron chi connectivity index (χ3n) is 20.9. The molecule has 0 radical (unpaired) electrons. The standard InChI is InChI=1S/C90H172O17P2/c1-8-10-11-12-13-14-15-16-25-33-38-43-52-59-66-73-90(95)107-86(78-101-88(93)72-65-58-51-46-45-49-56-63-70-83(7)9-2)80-105-109(98,99)103-76-84(91)75-102-108(96,97)104-79-85(106-89(94)74-67-60-53-44-39-34-29-24-20-18-22-27-31-36-41-48-55-62-69-82(5)6)77-100-87(92)71-64-57-50-42-37-32-28-23-19-17-21-26-30-35-40-47-54-61-68-81(3)4/h14-16,25,81-86,91H,8-13,17-24,26-80H2,1-7H3,(H,96,97)(H,98,99)/b15-14-,25-16-/t83?,84-,85-,86-/m1/s1. The molecule has 0 aliphatic heterocycles. The number of phosphoric acid groups is 2. The Kier molecular flexibility index (Phi) is 77.6. The third kappa shape index (κ3) is 81.9. The number of allylic oxidation sites excluding steroid dienone is 4. The van der Waals surface area contributed by atoms with Crippen LogP contribution in [0.25, 0.3) is 0 Å². The summed E-state index contributed by atoms with van der Waals surface area (Å²) in [4.78, 5) is 73.3. The Morgan fingerprint density at radius 1 is 0.303 bits per heavy atom. The van der Waals surface area contributed by atoms with E-state index < -0.39 is 97.5 Å². The van der Waals surface area contributed by atoms with Crippen LogP contribution in [0.3, 0.4) is 0 Å². The van der Waals surface area contributed by atoms with Crippen molar-refractivity contribution in [3.05, 3.63) is 24.3 Å². The van der Waals surface area contributed by atoms with Gasteiger partial charge in [0.2, 0.25) is 0 Å². The maximum Gasteiger partial charge on any atom is 0.472 e. The van der Waals surface area contributed by atoms with Gasteiger partial charge in [-0.2, -0.15) is 0 Å². The van der Waals surface area contributed by atoms with E-state index in [1.54, 1.807) is 0 Å². The Bertz CT molecular complexity index is 2190. The molecule has 109 heavy (non-hydrogen) atoms. The van der Waals surface area contributed by atoms with Gasteiger partial charge in [-0.15, -0.1) is 0 Å². The summed E-state index contributed by atoms with van der Waals surface area (Å²) >= 11 is 0. The number of unbranched alkanes of at least 4 members (excludes halogenated alkanes) is 50. The fourth-order valence-corrected chi connectivity index (χ4v) is 15.1. The highest BCUT2D eigenvalue weighted by atomic mass is 31.2. The van der Waals surface area contributed by atoms with Gasteiger partial charge in [-0.3, -0.25) is 37.3 Å². The Hall–Kier alpha value is -2.46. The number of carbonyl (C=O) groups excluding carboxylic acids is 4. The molecule has 644 valence electrons. The van der Waals surface area contributed by atoms with Crippen molar-refractivity contribution in [1.29, 1.82) is 0 Å². The van der Waals surface area contributed by atoms with E-state index in [0.717, 1.165) is 120 Å². The van der Waals surface area contributed by atoms with Crippen LogP contribution in [0, 0.1) is 17.8 Å². The van der Waals surface area contributed by atoms with Crippen LogP contribution in [-0.2, 0) is 65.4 Å². The number of hydrogen-bond acceptors (Lipinski definition) is 15. The van der Waals surface area contributed by atoms with E-state index in [2.05, 4.69) is 72.8 Å². The van der Waals surface area contributed by atoms with Crippen molar-refractivity contribution < 1.29 is 80.2 Å². The Balaban J connectivity index is 5.27. The van der Waals surface area contributed by atoms with E-state index in [9.17, 15) is 43.2 Å². The highest BCUT2D eigenvalue weighted by Crippen LogP contribution is 2.45. The average Bonchev–Trinajstić information content (AvgIpc) is 0.898. The lowest BCUT2D eigenvalue weighted by Crippen LogP contribution is -2.30. The Morgan fingerprint density at radius 3 is 0.817 bits per heavy atom. The molecule has 0 amide bonds. The smallest absolute Gasteiger partial charge is 0.462 e. The summed E-state index contributed by atoms with van der Waals surface area (Å²) in [5.41, 5.74) is 0. The molecule has 0 rings (SSSR count). The SMILES string of the molecule is CCCCCC/C=C\C=C/CCCCCCCC(=O)O[C@H](COC(=O)CCCCCCCCCCC(C)CC)COP(=O)(O)OC[C@H](O)COP(=O)(O)OC[C@@H](COC(=O)CCCCCCCCCCCCCCCCCCCCC(C)C)OC(=O)CCCCCCCCCCCCCCCCCCCCC(C)C. The molecule has 0 aromatic carbocycles. The van der Waals surface area contributed by atoms with E-state index in [0.29, 0.717) is 25.7 Å². The zero-order valence-electron chi connectivity index (χ0n) is 71.5. The zero-order chi connectivity index (χ0) is 80.0. The van der Waals surface area contributed by atoms with Gasteiger partial charge in [0, 0.05) is 25.7 Å². The number of hydrogen-bond donors (Lipinski definition) is 3. The van der Waals surface area contributed by atoms with E-state index >= 15 is 0 Å². The van der Waals surface area contributed by atoms with Gasteiger partial charge in [0.25, 0.3) is 0 Å². The van der Waals surface area contributed by atoms with E-state index in [4.69, 9.17) is 37.0 Å². The summed E-state index contributed by atoms with van der Waals surface area (Å²) < 4.78 is 69.0. The molecule has 0 saturated carbocycles. The molecule has 17 nitrogen and oxygen atoms in total. The first-order chi connectivity index (χ1) is 52.8. The summed E-state index contributed by atoms with van der Waals surface area (Å²) in [6.07, 6.45) is 74.4. The van der Waals surface area contributed by atoms with Crippen LogP contribution in [0.4, 0.5) is 0 Å². The lowest BCUT2D eigenvalue weighted by Gasteiger charge is -2.21. The highest BCUT2D eigenvalue weighted by Gasteiger charge is 2.31. The van der Waals surface area contributed by atoms with E-state index in [1.807, 2.05) is 0 Å². The van der Waals surface area contributed by atoms with Crippen molar-refractivity contribution in [1.82, 2.24) is 0 Å². The van der Waals surface area contributed by atoms with Crippen molar-refractivity contribution >= 4 is 39.5 Å². The molecule has 0 heterocycles. The number of phosphoric ester groups is 2. The second kappa shape index (κ2) is 79.4. The molecule has 0 aliphatic carbocycles. The van der Waals surface area contributed by atoms with Gasteiger partial charge in [0.05, 0.1) is 26.4 Å². The molecule has 0 saturated heterocycles. The zero-order valence-corrected chi connectivity index (χ0v) is 73.3. The van der Waals surface area contributed by atoms with Crippen LogP contribution in [0.15, 0.2) is 24.3 Å². The first-order valence-corrected chi connectivity index (χ1v) is 48.7. The van der Waals surface area contributed by atoms with Crippen molar-refractivity contribution in [3.63, 3.8) is 0 Å². The van der Waals surface area contributed by atoms with Crippen LogP contribution in [-0.4, -0.2) is 96.7 Å². The monoisotopic (exact) mass is 1590 g/mol. The quantitative estimate of drug-likeness (QED) is 0.0169. The number of rotatable bonds is 86. The molecule has 0 bridgehead atoms. The van der Waals surface area contributed by atoms with Gasteiger partial charge in [0.1, 0.15) is 19.3 Å². The number of aliphatic hydroxyl groups is 1. The lowest BCUT2D eigenvalue weighted by molar-refractivity contribution is -0.161. The Labute approximate surface area is 669 Å². The summed E-state index contributed by atoms with van der Waals surface area (Å²) in [6, 6.07) is 0. The summed E-state index contributed by atoms with van der Waals surface area (Å²) in [6.45, 7) is 12.0. The van der Waals surface area contributed by atoms with E-state index in [1.165, 1.54) is 250 Å². The van der Waals surface area contributed by atoms with Gasteiger partial charge in [-0.1, -0.05) is 400 Å². The first-order valence-electron chi connectivity index (χ1n) is 45.7. The highest BCUT2D eigenvalue weighted by molar-refractivity contribution is 7.47. The molecular formula is C90H172O17P2. The Morgan fingerprint density at radius 2 is 0.541 bits per heavy atom. The first kappa shape index (κ1) is 107. The maximum absolute atomic E-state index is 13.2. The fourth-order valence-electron chi connectivity index (χ4n) is 13.5. The van der Waals surface area contributed by atoms with Gasteiger partial charge < -0.3 is 33.8 Å². The van der Waals surface area contributed by atoms with Gasteiger partial charge >= 0.3 is 39.5 Å². The molecule has 0 aromatic heterocycles. The molecular weight excluding hydrogens is 1410 g/mol. The van der Waals surface area contributed by atoms with Crippen molar-refractivity contribution in [2.75, 3.05) is 39.6 Å². The molecule has 0 fully saturated rings.